The minimum absolute atomic E-state index is 0.419. The van der Waals surface area contributed by atoms with Crippen molar-refractivity contribution < 1.29 is 9.08 Å². The number of rotatable bonds is 1. The zero-order chi connectivity index (χ0) is 8.27. The SMILES string of the molecule is O=C(OCl)c1ccccc1Br. The summed E-state index contributed by atoms with van der Waals surface area (Å²) in [4.78, 5) is 10.9. The lowest BCUT2D eigenvalue weighted by molar-refractivity contribution is 0.0750. The van der Waals surface area contributed by atoms with E-state index >= 15 is 0 Å². The van der Waals surface area contributed by atoms with Gasteiger partial charge in [0.15, 0.2) is 0 Å². The maximum Gasteiger partial charge on any atom is 0.357 e. The maximum atomic E-state index is 10.9. The summed E-state index contributed by atoms with van der Waals surface area (Å²) in [5, 5.41) is 0. The first kappa shape index (κ1) is 8.56. The van der Waals surface area contributed by atoms with Gasteiger partial charge in [-0.15, -0.1) is 0 Å². The standard InChI is InChI=1S/C7H4BrClO2/c8-6-4-2-1-3-5(6)7(10)11-9/h1-4H. The number of carbonyl (C=O) groups is 1. The summed E-state index contributed by atoms with van der Waals surface area (Å²) in [6.45, 7) is 0. The Balaban J connectivity index is 3.03. The topological polar surface area (TPSA) is 26.3 Å². The van der Waals surface area contributed by atoms with E-state index in [0.717, 1.165) is 0 Å². The molecule has 2 nitrogen and oxygen atoms in total. The van der Waals surface area contributed by atoms with Crippen LogP contribution < -0.4 is 0 Å². The third-order valence-corrected chi connectivity index (χ3v) is 2.00. The molecular formula is C7H4BrClO2. The fourth-order valence-corrected chi connectivity index (χ4v) is 1.20. The van der Waals surface area contributed by atoms with Crippen molar-refractivity contribution in [2.75, 3.05) is 0 Å². The first-order valence-electron chi connectivity index (χ1n) is 2.83. The first-order valence-corrected chi connectivity index (χ1v) is 3.93. The Kier molecular flexibility index (Phi) is 2.91. The molecule has 4 heteroatoms. The molecule has 1 aromatic carbocycles. The smallest absolute Gasteiger partial charge is 0.343 e. The minimum Gasteiger partial charge on any atom is -0.343 e. The molecule has 0 fully saturated rings. The highest BCUT2D eigenvalue weighted by Crippen LogP contribution is 2.16. The van der Waals surface area contributed by atoms with Crippen molar-refractivity contribution in [2.24, 2.45) is 0 Å². The van der Waals surface area contributed by atoms with Crippen LogP contribution in [0.15, 0.2) is 28.7 Å². The highest BCUT2D eigenvalue weighted by molar-refractivity contribution is 9.10. The number of hydrogen-bond acceptors (Lipinski definition) is 2. The van der Waals surface area contributed by atoms with Crippen molar-refractivity contribution in [3.63, 3.8) is 0 Å². The van der Waals surface area contributed by atoms with Crippen molar-refractivity contribution in [2.45, 2.75) is 0 Å². The minimum atomic E-state index is -0.556. The zero-order valence-electron chi connectivity index (χ0n) is 5.38. The van der Waals surface area contributed by atoms with Gasteiger partial charge in [0, 0.05) is 4.47 Å². The van der Waals surface area contributed by atoms with Gasteiger partial charge in [0.25, 0.3) is 0 Å². The molecule has 0 bridgehead atoms. The van der Waals surface area contributed by atoms with E-state index in [9.17, 15) is 4.79 Å². The van der Waals surface area contributed by atoms with Gasteiger partial charge in [-0.1, -0.05) is 12.1 Å². The predicted octanol–water partition coefficient (Wildman–Crippen LogP) is 2.76. The van der Waals surface area contributed by atoms with Gasteiger partial charge >= 0.3 is 5.97 Å². The van der Waals surface area contributed by atoms with Crippen LogP contribution in [0.1, 0.15) is 10.4 Å². The van der Waals surface area contributed by atoms with Crippen LogP contribution in [0.2, 0.25) is 0 Å². The van der Waals surface area contributed by atoms with Gasteiger partial charge < -0.3 is 4.29 Å². The summed E-state index contributed by atoms with van der Waals surface area (Å²) in [5.41, 5.74) is 0.419. The van der Waals surface area contributed by atoms with Crippen LogP contribution in [0, 0.1) is 0 Å². The second-order valence-electron chi connectivity index (χ2n) is 1.84. The van der Waals surface area contributed by atoms with Crippen molar-refractivity contribution in [3.8, 4) is 0 Å². The molecule has 0 atom stereocenters. The molecule has 0 amide bonds. The molecule has 1 aromatic rings. The fourth-order valence-electron chi connectivity index (χ4n) is 0.668. The average Bonchev–Trinajstić information content (AvgIpc) is 2.04. The molecule has 0 spiro atoms. The Hall–Kier alpha value is -0.540. The summed E-state index contributed by atoms with van der Waals surface area (Å²) >= 11 is 8.07. The molecule has 11 heavy (non-hydrogen) atoms. The summed E-state index contributed by atoms with van der Waals surface area (Å²) in [7, 11) is 0. The van der Waals surface area contributed by atoms with E-state index in [4.69, 9.17) is 11.9 Å². The molecule has 0 heterocycles. The Morgan fingerprint density at radius 1 is 1.45 bits per heavy atom. The highest BCUT2D eigenvalue weighted by atomic mass is 79.9. The second kappa shape index (κ2) is 3.74. The van der Waals surface area contributed by atoms with Crippen LogP contribution in [0.25, 0.3) is 0 Å². The third-order valence-electron chi connectivity index (χ3n) is 1.16. The first-order chi connectivity index (χ1) is 5.25. The largest absolute Gasteiger partial charge is 0.357 e. The molecule has 0 aliphatic heterocycles. The van der Waals surface area contributed by atoms with Crippen molar-refractivity contribution in [1.29, 1.82) is 0 Å². The third kappa shape index (κ3) is 1.94. The Bertz CT molecular complexity index is 275. The fraction of sp³-hybridized carbons (Fsp3) is 0. The molecule has 58 valence electrons. The van der Waals surface area contributed by atoms with Crippen LogP contribution in [0.3, 0.4) is 0 Å². The van der Waals surface area contributed by atoms with Crippen LogP contribution >= 0.6 is 27.8 Å². The average molecular weight is 235 g/mol. The predicted molar refractivity (Wildman–Crippen MR) is 45.4 cm³/mol. The quantitative estimate of drug-likeness (QED) is 0.748. The van der Waals surface area contributed by atoms with Crippen molar-refractivity contribution >= 4 is 33.8 Å². The lowest BCUT2D eigenvalue weighted by Crippen LogP contribution is -1.98. The molecule has 0 saturated carbocycles. The summed E-state index contributed by atoms with van der Waals surface area (Å²) in [6.07, 6.45) is 0. The molecule has 0 radical (unpaired) electrons. The Morgan fingerprint density at radius 3 is 2.64 bits per heavy atom. The van der Waals surface area contributed by atoms with Crippen LogP contribution in [-0.2, 0) is 4.29 Å². The van der Waals surface area contributed by atoms with Crippen molar-refractivity contribution in [1.82, 2.24) is 0 Å². The van der Waals surface area contributed by atoms with Gasteiger partial charge in [0.1, 0.15) is 11.9 Å². The summed E-state index contributed by atoms with van der Waals surface area (Å²) < 4.78 is 4.69. The molecule has 0 aromatic heterocycles. The van der Waals surface area contributed by atoms with Crippen molar-refractivity contribution in [3.05, 3.63) is 34.3 Å². The summed E-state index contributed by atoms with van der Waals surface area (Å²) in [6, 6.07) is 6.89. The number of carbonyl (C=O) groups excluding carboxylic acids is 1. The van der Waals surface area contributed by atoms with Crippen LogP contribution in [-0.4, -0.2) is 5.97 Å². The summed E-state index contributed by atoms with van der Waals surface area (Å²) in [5.74, 6) is -0.556. The Morgan fingerprint density at radius 2 is 2.09 bits per heavy atom. The highest BCUT2D eigenvalue weighted by Gasteiger charge is 2.08. The van der Waals surface area contributed by atoms with E-state index in [1.165, 1.54) is 0 Å². The molecular weight excluding hydrogens is 231 g/mol. The van der Waals surface area contributed by atoms with Gasteiger partial charge in [-0.2, -0.15) is 0 Å². The normalized spacial score (nSPS) is 9.27. The van der Waals surface area contributed by atoms with E-state index in [1.54, 1.807) is 24.3 Å². The number of hydrogen-bond donors (Lipinski definition) is 0. The van der Waals surface area contributed by atoms with E-state index in [-0.39, 0.29) is 0 Å². The van der Waals surface area contributed by atoms with Gasteiger partial charge in [0.2, 0.25) is 0 Å². The molecule has 0 N–H and O–H groups in total. The molecule has 0 unspecified atom stereocenters. The van der Waals surface area contributed by atoms with E-state index in [0.29, 0.717) is 10.0 Å². The second-order valence-corrected chi connectivity index (χ2v) is 2.85. The van der Waals surface area contributed by atoms with E-state index < -0.39 is 5.97 Å². The lowest BCUT2D eigenvalue weighted by atomic mass is 10.2. The lowest BCUT2D eigenvalue weighted by Gasteiger charge is -1.97. The van der Waals surface area contributed by atoms with Crippen LogP contribution in [0.4, 0.5) is 0 Å². The maximum absolute atomic E-state index is 10.9. The number of benzene rings is 1. The van der Waals surface area contributed by atoms with E-state index in [2.05, 4.69) is 20.2 Å². The van der Waals surface area contributed by atoms with Gasteiger partial charge in [-0.05, 0) is 28.1 Å². The Labute approximate surface area is 77.4 Å². The molecule has 0 saturated heterocycles. The number of halogens is 2. The van der Waals surface area contributed by atoms with Gasteiger partial charge in [-0.3, -0.25) is 0 Å². The van der Waals surface area contributed by atoms with Gasteiger partial charge in [0.05, 0.1) is 5.56 Å². The zero-order valence-corrected chi connectivity index (χ0v) is 7.72. The van der Waals surface area contributed by atoms with Crippen LogP contribution in [0.5, 0.6) is 0 Å². The molecule has 1 rings (SSSR count). The monoisotopic (exact) mass is 234 g/mol. The van der Waals surface area contributed by atoms with E-state index in [1.807, 2.05) is 0 Å². The molecule has 0 aliphatic carbocycles. The van der Waals surface area contributed by atoms with Gasteiger partial charge in [-0.25, -0.2) is 4.79 Å². The molecule has 0 aliphatic rings.